The zero-order valence-electron chi connectivity index (χ0n) is 10.8. The topological polar surface area (TPSA) is 72.2 Å². The van der Waals surface area contributed by atoms with Gasteiger partial charge in [-0.2, -0.15) is 0 Å². The fraction of sp³-hybridized carbons (Fsp3) is 0.231. The number of nitrogens with two attached hydrogens (primary N) is 1. The third-order valence-corrected chi connectivity index (χ3v) is 5.94. The SMILES string of the molecule is CC(NS(=O)(=O)c1csc(CN)c1)c1cccc(Br)c1. The lowest BCUT2D eigenvalue weighted by Crippen LogP contribution is -2.26. The molecule has 0 saturated carbocycles. The summed E-state index contributed by atoms with van der Waals surface area (Å²) in [5, 5.41) is 1.61. The van der Waals surface area contributed by atoms with Crippen LogP contribution in [0.25, 0.3) is 0 Å². The molecule has 0 amide bonds. The van der Waals surface area contributed by atoms with Gasteiger partial charge in [-0.1, -0.05) is 28.1 Å². The minimum Gasteiger partial charge on any atom is -0.326 e. The van der Waals surface area contributed by atoms with E-state index in [0.717, 1.165) is 14.9 Å². The predicted molar refractivity (Wildman–Crippen MR) is 85.1 cm³/mol. The van der Waals surface area contributed by atoms with Gasteiger partial charge in [-0.05, 0) is 30.7 Å². The zero-order valence-corrected chi connectivity index (χ0v) is 14.1. The Hall–Kier alpha value is -0.730. The molecule has 1 heterocycles. The van der Waals surface area contributed by atoms with E-state index in [4.69, 9.17) is 5.73 Å². The standard InChI is InChI=1S/C13H15BrN2O2S2/c1-9(10-3-2-4-11(14)5-10)16-20(17,18)13-6-12(7-15)19-8-13/h2-6,8-9,16H,7,15H2,1H3. The van der Waals surface area contributed by atoms with Crippen molar-refractivity contribution in [2.75, 3.05) is 0 Å². The molecule has 0 aliphatic carbocycles. The average molecular weight is 375 g/mol. The van der Waals surface area contributed by atoms with E-state index < -0.39 is 10.0 Å². The maximum Gasteiger partial charge on any atom is 0.241 e. The Morgan fingerprint density at radius 2 is 2.15 bits per heavy atom. The van der Waals surface area contributed by atoms with Crippen LogP contribution in [-0.4, -0.2) is 8.42 Å². The summed E-state index contributed by atoms with van der Waals surface area (Å²) in [4.78, 5) is 1.12. The highest BCUT2D eigenvalue weighted by molar-refractivity contribution is 9.10. The lowest BCUT2D eigenvalue weighted by molar-refractivity contribution is 0.567. The normalized spacial score (nSPS) is 13.3. The summed E-state index contributed by atoms with van der Waals surface area (Å²) in [5.74, 6) is 0. The number of nitrogens with one attached hydrogen (secondary N) is 1. The van der Waals surface area contributed by atoms with Gasteiger partial charge in [-0.25, -0.2) is 13.1 Å². The molecule has 0 fully saturated rings. The van der Waals surface area contributed by atoms with Gasteiger partial charge in [0, 0.05) is 27.3 Å². The second kappa shape index (κ2) is 6.36. The molecule has 108 valence electrons. The monoisotopic (exact) mass is 374 g/mol. The molecule has 0 aliphatic rings. The van der Waals surface area contributed by atoms with Gasteiger partial charge in [0.25, 0.3) is 0 Å². The minimum absolute atomic E-state index is 0.268. The van der Waals surface area contributed by atoms with Crippen LogP contribution in [0.4, 0.5) is 0 Å². The molecular weight excluding hydrogens is 360 g/mol. The average Bonchev–Trinajstić information content (AvgIpc) is 2.87. The molecule has 0 aliphatic heterocycles. The first-order valence-electron chi connectivity index (χ1n) is 5.97. The van der Waals surface area contributed by atoms with Crippen molar-refractivity contribution < 1.29 is 8.42 Å². The Labute approximate surface area is 131 Å². The van der Waals surface area contributed by atoms with Gasteiger partial charge in [0.2, 0.25) is 10.0 Å². The number of benzene rings is 1. The van der Waals surface area contributed by atoms with E-state index in [9.17, 15) is 8.42 Å². The number of halogens is 1. The van der Waals surface area contributed by atoms with Crippen LogP contribution < -0.4 is 10.5 Å². The summed E-state index contributed by atoms with van der Waals surface area (Å²) in [6.07, 6.45) is 0. The molecule has 1 unspecified atom stereocenters. The van der Waals surface area contributed by atoms with Crippen molar-refractivity contribution in [1.29, 1.82) is 0 Å². The van der Waals surface area contributed by atoms with Crippen LogP contribution in [0, 0.1) is 0 Å². The summed E-state index contributed by atoms with van der Waals surface area (Å²) in [6, 6.07) is 8.86. The van der Waals surface area contributed by atoms with Crippen LogP contribution in [0.1, 0.15) is 23.4 Å². The quantitative estimate of drug-likeness (QED) is 0.844. The van der Waals surface area contributed by atoms with Crippen LogP contribution in [0.2, 0.25) is 0 Å². The van der Waals surface area contributed by atoms with E-state index >= 15 is 0 Å². The third-order valence-electron chi connectivity index (χ3n) is 2.82. The third kappa shape index (κ3) is 3.67. The molecule has 4 nitrogen and oxygen atoms in total. The van der Waals surface area contributed by atoms with Crippen molar-refractivity contribution in [3.8, 4) is 0 Å². The highest BCUT2D eigenvalue weighted by Gasteiger charge is 2.19. The molecular formula is C13H15BrN2O2S2. The summed E-state index contributed by atoms with van der Waals surface area (Å²) in [7, 11) is -3.52. The predicted octanol–water partition coefficient (Wildman–Crippen LogP) is 3.01. The van der Waals surface area contributed by atoms with Crippen molar-refractivity contribution in [3.05, 3.63) is 50.6 Å². The molecule has 2 aromatic rings. The molecule has 2 rings (SSSR count). The molecule has 0 bridgehead atoms. The molecule has 1 aromatic heterocycles. The number of hydrogen-bond donors (Lipinski definition) is 2. The van der Waals surface area contributed by atoms with Crippen LogP contribution in [0.15, 0.2) is 45.1 Å². The van der Waals surface area contributed by atoms with E-state index in [0.29, 0.717) is 6.54 Å². The van der Waals surface area contributed by atoms with E-state index in [-0.39, 0.29) is 10.9 Å². The highest BCUT2D eigenvalue weighted by atomic mass is 79.9. The smallest absolute Gasteiger partial charge is 0.241 e. The molecule has 0 saturated heterocycles. The van der Waals surface area contributed by atoms with Gasteiger partial charge in [0.05, 0.1) is 4.90 Å². The number of hydrogen-bond acceptors (Lipinski definition) is 4. The number of rotatable bonds is 5. The first-order valence-corrected chi connectivity index (χ1v) is 9.13. The van der Waals surface area contributed by atoms with E-state index in [2.05, 4.69) is 20.7 Å². The van der Waals surface area contributed by atoms with Gasteiger partial charge < -0.3 is 5.73 Å². The summed E-state index contributed by atoms with van der Waals surface area (Å²) in [6.45, 7) is 2.16. The van der Waals surface area contributed by atoms with Crippen molar-refractivity contribution in [1.82, 2.24) is 4.72 Å². The Bertz CT molecular complexity index is 698. The van der Waals surface area contributed by atoms with Gasteiger partial charge in [-0.15, -0.1) is 11.3 Å². The van der Waals surface area contributed by atoms with Crippen LogP contribution >= 0.6 is 27.3 Å². The van der Waals surface area contributed by atoms with Crippen LogP contribution in [-0.2, 0) is 16.6 Å². The number of thiophene rings is 1. The van der Waals surface area contributed by atoms with Gasteiger partial charge in [0.15, 0.2) is 0 Å². The lowest BCUT2D eigenvalue weighted by atomic mass is 10.1. The van der Waals surface area contributed by atoms with Gasteiger partial charge >= 0.3 is 0 Å². The lowest BCUT2D eigenvalue weighted by Gasteiger charge is -2.14. The Balaban J connectivity index is 2.19. The number of sulfonamides is 1. The first-order chi connectivity index (χ1) is 9.42. The summed E-state index contributed by atoms with van der Waals surface area (Å²) in [5.41, 5.74) is 6.41. The van der Waals surface area contributed by atoms with E-state index in [1.165, 1.54) is 11.3 Å². The van der Waals surface area contributed by atoms with E-state index in [1.54, 1.807) is 11.4 Å². The molecule has 0 spiro atoms. The molecule has 7 heteroatoms. The Morgan fingerprint density at radius 1 is 1.40 bits per heavy atom. The zero-order chi connectivity index (χ0) is 14.8. The fourth-order valence-corrected chi connectivity index (χ4v) is 4.56. The summed E-state index contributed by atoms with van der Waals surface area (Å²) >= 11 is 4.73. The maximum atomic E-state index is 12.3. The largest absolute Gasteiger partial charge is 0.326 e. The van der Waals surface area contributed by atoms with Crippen LogP contribution in [0.5, 0.6) is 0 Å². The minimum atomic E-state index is -3.52. The molecule has 20 heavy (non-hydrogen) atoms. The highest BCUT2D eigenvalue weighted by Crippen LogP contribution is 2.23. The second-order valence-electron chi connectivity index (χ2n) is 4.35. The Kier molecular flexibility index (Phi) is 4.98. The van der Waals surface area contributed by atoms with Gasteiger partial charge in [0.1, 0.15) is 0 Å². The van der Waals surface area contributed by atoms with Crippen molar-refractivity contribution in [2.24, 2.45) is 5.73 Å². The van der Waals surface area contributed by atoms with Crippen molar-refractivity contribution >= 4 is 37.3 Å². The Morgan fingerprint density at radius 3 is 2.75 bits per heavy atom. The first kappa shape index (κ1) is 15.7. The maximum absolute atomic E-state index is 12.3. The van der Waals surface area contributed by atoms with Gasteiger partial charge in [-0.3, -0.25) is 0 Å². The molecule has 1 atom stereocenters. The second-order valence-corrected chi connectivity index (χ2v) is 7.98. The van der Waals surface area contributed by atoms with Crippen LogP contribution in [0.3, 0.4) is 0 Å². The fourth-order valence-electron chi connectivity index (χ4n) is 1.75. The molecule has 3 N–H and O–H groups in total. The molecule has 0 radical (unpaired) electrons. The van der Waals surface area contributed by atoms with E-state index in [1.807, 2.05) is 31.2 Å². The van der Waals surface area contributed by atoms with Crippen molar-refractivity contribution in [2.45, 2.75) is 24.4 Å². The molecule has 1 aromatic carbocycles. The van der Waals surface area contributed by atoms with Crippen molar-refractivity contribution in [3.63, 3.8) is 0 Å². The summed E-state index contributed by atoms with van der Waals surface area (Å²) < 4.78 is 28.1.